The van der Waals surface area contributed by atoms with E-state index < -0.39 is 0 Å². The minimum Gasteiger partial charge on any atom is -0.270 e. The molecule has 0 aliphatic carbocycles. The second-order valence-electron chi connectivity index (χ2n) is 0.849. The molecule has 0 aromatic carbocycles. The lowest BCUT2D eigenvalue weighted by Gasteiger charge is -1.64. The number of carbonyl (C=O) groups is 1. The van der Waals surface area contributed by atoms with Crippen LogP contribution in [0.5, 0.6) is 0 Å². The Bertz CT molecular complexity index is 99.7. The summed E-state index contributed by atoms with van der Waals surface area (Å²) in [5, 5.41) is 3.19. The average Bonchev–Trinajstić information content (AvgIpc) is 1.86. The predicted octanol–water partition coefficient (Wildman–Crippen LogP) is 0.627. The van der Waals surface area contributed by atoms with E-state index in [1.54, 1.807) is 0 Å². The van der Waals surface area contributed by atoms with E-state index in [-0.39, 0.29) is 5.91 Å². The van der Waals surface area contributed by atoms with Crippen molar-refractivity contribution in [1.82, 2.24) is 0 Å². The second kappa shape index (κ2) is 1.38. The van der Waals surface area contributed by atoms with E-state index in [9.17, 15) is 4.79 Å². The Morgan fingerprint density at radius 2 is 2.67 bits per heavy atom. The normalized spacial score (nSPS) is 19.7. The van der Waals surface area contributed by atoms with Crippen LogP contribution in [0.4, 0.5) is 0 Å². The van der Waals surface area contributed by atoms with E-state index in [1.165, 1.54) is 11.9 Å². The molecule has 0 aromatic rings. The summed E-state index contributed by atoms with van der Waals surface area (Å²) in [5.74, 6) is 0.306. The first-order valence-electron chi connectivity index (χ1n) is 1.45. The van der Waals surface area contributed by atoms with Crippen molar-refractivity contribution in [3.63, 3.8) is 0 Å². The van der Waals surface area contributed by atoms with Gasteiger partial charge in [0.05, 0.1) is 0 Å². The predicted molar refractivity (Wildman–Crippen MR) is 22.3 cm³/mol. The lowest BCUT2D eigenvalue weighted by Crippen LogP contribution is -1.86. The molecule has 0 fully saturated rings. The largest absolute Gasteiger partial charge is 0.277 e. The quantitative estimate of drug-likeness (QED) is 0.421. The van der Waals surface area contributed by atoms with Crippen LogP contribution < -0.4 is 0 Å². The summed E-state index contributed by atoms with van der Waals surface area (Å²) < 4.78 is 3.36. The van der Waals surface area contributed by atoms with Gasteiger partial charge in [-0.2, -0.15) is 0 Å². The molecular formula is C2H2N2OS. The maximum Gasteiger partial charge on any atom is 0.277 e. The van der Waals surface area contributed by atoms with E-state index in [2.05, 4.69) is 9.63 Å². The van der Waals surface area contributed by atoms with Gasteiger partial charge in [0.15, 0.2) is 0 Å². The third kappa shape index (κ3) is 0.567. The molecule has 32 valence electrons. The Kier molecular flexibility index (Phi) is 0.874. The molecule has 6 heavy (non-hydrogen) atoms. The maximum absolute atomic E-state index is 9.96. The summed E-state index contributed by atoms with van der Waals surface area (Å²) in [6, 6.07) is 0. The van der Waals surface area contributed by atoms with Crippen LogP contribution in [0.3, 0.4) is 0 Å². The first-order valence-corrected chi connectivity index (χ1v) is 2.40. The SMILES string of the molecule is O=C1CSN=N1. The molecule has 1 aliphatic heterocycles. The van der Waals surface area contributed by atoms with Crippen molar-refractivity contribution < 1.29 is 4.79 Å². The van der Waals surface area contributed by atoms with Crippen LogP contribution >= 0.6 is 11.9 Å². The summed E-state index contributed by atoms with van der Waals surface area (Å²) in [4.78, 5) is 9.96. The highest BCUT2D eigenvalue weighted by Crippen LogP contribution is 2.09. The van der Waals surface area contributed by atoms with Gasteiger partial charge in [-0.3, -0.25) is 4.79 Å². The van der Waals surface area contributed by atoms with Crippen molar-refractivity contribution >= 4 is 17.9 Å². The monoisotopic (exact) mass is 102 g/mol. The number of rotatable bonds is 0. The molecule has 0 saturated heterocycles. The fourth-order valence-corrected chi connectivity index (χ4v) is 0.562. The summed E-state index contributed by atoms with van der Waals surface area (Å²) in [6.45, 7) is 0. The minimum atomic E-state index is -0.125. The Hall–Kier alpha value is -0.380. The second-order valence-corrected chi connectivity index (χ2v) is 1.56. The third-order valence-corrected chi connectivity index (χ3v) is 0.971. The zero-order chi connectivity index (χ0) is 4.41. The van der Waals surface area contributed by atoms with Crippen LogP contribution in [0.1, 0.15) is 0 Å². The van der Waals surface area contributed by atoms with Crippen molar-refractivity contribution in [3.8, 4) is 0 Å². The fourth-order valence-electron chi connectivity index (χ4n) is 0.187. The van der Waals surface area contributed by atoms with Crippen molar-refractivity contribution in [3.05, 3.63) is 0 Å². The highest BCUT2D eigenvalue weighted by molar-refractivity contribution is 7.98. The van der Waals surface area contributed by atoms with Crippen molar-refractivity contribution in [1.29, 1.82) is 0 Å². The number of hydrogen-bond donors (Lipinski definition) is 0. The zero-order valence-electron chi connectivity index (χ0n) is 2.92. The van der Waals surface area contributed by atoms with Crippen molar-refractivity contribution in [2.45, 2.75) is 0 Å². The van der Waals surface area contributed by atoms with E-state index in [4.69, 9.17) is 0 Å². The summed E-state index contributed by atoms with van der Waals surface area (Å²) >= 11 is 1.19. The molecule has 1 rings (SSSR count). The highest BCUT2D eigenvalue weighted by Gasteiger charge is 2.03. The molecule has 1 amide bonds. The molecule has 0 saturated carbocycles. The summed E-state index contributed by atoms with van der Waals surface area (Å²) in [5.41, 5.74) is 0. The maximum atomic E-state index is 9.96. The number of amides is 1. The minimum absolute atomic E-state index is 0.125. The molecule has 0 aromatic heterocycles. The van der Waals surface area contributed by atoms with Gasteiger partial charge in [0.25, 0.3) is 5.91 Å². The topological polar surface area (TPSA) is 41.8 Å². The molecule has 3 nitrogen and oxygen atoms in total. The molecule has 0 unspecified atom stereocenters. The van der Waals surface area contributed by atoms with Crippen LogP contribution in [0, 0.1) is 0 Å². The Balaban J connectivity index is 2.59. The van der Waals surface area contributed by atoms with Gasteiger partial charge in [0, 0.05) is 11.9 Å². The van der Waals surface area contributed by atoms with Gasteiger partial charge >= 0.3 is 0 Å². The van der Waals surface area contributed by atoms with Gasteiger partial charge in [-0.1, -0.05) is 0 Å². The molecule has 1 heterocycles. The number of hydrogen-bond acceptors (Lipinski definition) is 3. The average molecular weight is 102 g/mol. The van der Waals surface area contributed by atoms with Gasteiger partial charge in [0.2, 0.25) is 0 Å². The van der Waals surface area contributed by atoms with E-state index in [1.807, 2.05) is 0 Å². The van der Waals surface area contributed by atoms with Gasteiger partial charge in [-0.05, 0) is 0 Å². The Morgan fingerprint density at radius 1 is 1.83 bits per heavy atom. The Morgan fingerprint density at radius 3 is 2.83 bits per heavy atom. The number of carbonyl (C=O) groups excluding carboxylic acids is 1. The van der Waals surface area contributed by atoms with Gasteiger partial charge in [-0.15, -0.1) is 9.63 Å². The highest BCUT2D eigenvalue weighted by atomic mass is 32.2. The van der Waals surface area contributed by atoms with Crippen molar-refractivity contribution in [2.24, 2.45) is 9.63 Å². The van der Waals surface area contributed by atoms with Gasteiger partial charge in [-0.25, -0.2) is 0 Å². The van der Waals surface area contributed by atoms with E-state index >= 15 is 0 Å². The van der Waals surface area contributed by atoms with Crippen molar-refractivity contribution in [2.75, 3.05) is 5.75 Å². The molecule has 0 radical (unpaired) electrons. The van der Waals surface area contributed by atoms with Gasteiger partial charge < -0.3 is 0 Å². The lowest BCUT2D eigenvalue weighted by atomic mass is 10.8. The lowest BCUT2D eigenvalue weighted by molar-refractivity contribution is -0.115. The van der Waals surface area contributed by atoms with Gasteiger partial charge in [0.1, 0.15) is 5.75 Å². The zero-order valence-corrected chi connectivity index (χ0v) is 3.73. The molecule has 1 aliphatic rings. The van der Waals surface area contributed by atoms with E-state index in [0.29, 0.717) is 5.75 Å². The first-order chi connectivity index (χ1) is 2.89. The molecule has 0 bridgehead atoms. The molecule has 0 N–H and O–H groups in total. The molecule has 4 heteroatoms. The summed E-state index contributed by atoms with van der Waals surface area (Å²) in [7, 11) is 0. The third-order valence-electron chi connectivity index (χ3n) is 0.398. The van der Waals surface area contributed by atoms with E-state index in [0.717, 1.165) is 0 Å². The van der Waals surface area contributed by atoms with Crippen LogP contribution in [0.2, 0.25) is 0 Å². The molecular weight excluding hydrogens is 100 g/mol. The standard InChI is InChI=1S/C2H2N2OS/c5-2-1-6-4-3-2/h1H2. The van der Waals surface area contributed by atoms with Crippen LogP contribution in [0.25, 0.3) is 0 Å². The fraction of sp³-hybridized carbons (Fsp3) is 0.500. The van der Waals surface area contributed by atoms with Crippen LogP contribution in [-0.4, -0.2) is 11.7 Å². The molecule has 0 atom stereocenters. The Labute approximate surface area is 39.0 Å². The first kappa shape index (κ1) is 3.80. The molecule has 0 spiro atoms. The summed E-state index contributed by atoms with van der Waals surface area (Å²) in [6.07, 6.45) is 0. The van der Waals surface area contributed by atoms with Crippen LogP contribution in [-0.2, 0) is 4.79 Å². The smallest absolute Gasteiger partial charge is 0.270 e. The van der Waals surface area contributed by atoms with Crippen LogP contribution in [0.15, 0.2) is 9.63 Å². The number of nitrogens with zero attached hydrogens (tertiary/aromatic N) is 2.